The fourth-order valence-electron chi connectivity index (χ4n) is 4.11. The van der Waals surface area contributed by atoms with Gasteiger partial charge in [-0.2, -0.15) is 5.10 Å². The van der Waals surface area contributed by atoms with Gasteiger partial charge in [-0.3, -0.25) is 19.6 Å². The van der Waals surface area contributed by atoms with Crippen molar-refractivity contribution in [2.75, 3.05) is 13.2 Å². The minimum Gasteiger partial charge on any atom is -0.492 e. The van der Waals surface area contributed by atoms with Gasteiger partial charge < -0.3 is 10.1 Å². The van der Waals surface area contributed by atoms with E-state index in [0.717, 1.165) is 24.2 Å². The molecule has 166 valence electrons. The van der Waals surface area contributed by atoms with Gasteiger partial charge in [0.05, 0.1) is 18.0 Å². The smallest absolute Gasteiger partial charge is 0.312 e. The number of rotatable bonds is 8. The molecule has 2 aromatic carbocycles. The van der Waals surface area contributed by atoms with E-state index in [1.54, 1.807) is 30.7 Å². The van der Waals surface area contributed by atoms with Crippen LogP contribution >= 0.6 is 0 Å². The van der Waals surface area contributed by atoms with Gasteiger partial charge in [-0.1, -0.05) is 18.2 Å². The van der Waals surface area contributed by atoms with Crippen molar-refractivity contribution in [3.05, 3.63) is 86.2 Å². The van der Waals surface area contributed by atoms with Crippen LogP contribution in [0.5, 0.6) is 5.75 Å². The fourth-order valence-corrected chi connectivity index (χ4v) is 4.11. The van der Waals surface area contributed by atoms with E-state index in [2.05, 4.69) is 22.5 Å². The van der Waals surface area contributed by atoms with Crippen LogP contribution in [0.1, 0.15) is 44.9 Å². The van der Waals surface area contributed by atoms with Crippen LogP contribution < -0.4 is 10.1 Å². The molecule has 1 aliphatic carbocycles. The molecule has 4 rings (SSSR count). The van der Waals surface area contributed by atoms with E-state index in [0.29, 0.717) is 36.6 Å². The summed E-state index contributed by atoms with van der Waals surface area (Å²) in [5, 5.41) is 18.3. The van der Waals surface area contributed by atoms with E-state index in [4.69, 9.17) is 4.74 Å². The lowest BCUT2D eigenvalue weighted by molar-refractivity contribution is -0.386. The first-order chi connectivity index (χ1) is 15.4. The zero-order valence-corrected chi connectivity index (χ0v) is 18.3. The molecule has 0 saturated heterocycles. The number of hydrogen-bond donors (Lipinski definition) is 1. The summed E-state index contributed by atoms with van der Waals surface area (Å²) in [6.07, 6.45) is 3.45. The molecule has 32 heavy (non-hydrogen) atoms. The van der Waals surface area contributed by atoms with Crippen LogP contribution in [0.25, 0.3) is 0 Å². The molecule has 0 saturated carbocycles. The van der Waals surface area contributed by atoms with Crippen LogP contribution in [0.3, 0.4) is 0 Å². The molecule has 0 bridgehead atoms. The molecule has 0 aliphatic heterocycles. The van der Waals surface area contributed by atoms with Crippen molar-refractivity contribution in [2.45, 2.75) is 39.7 Å². The lowest BCUT2D eigenvalue weighted by Gasteiger charge is -2.10. The lowest BCUT2D eigenvalue weighted by Crippen LogP contribution is -2.28. The lowest BCUT2D eigenvalue weighted by atomic mass is 10.1. The Bertz CT molecular complexity index is 1150. The highest BCUT2D eigenvalue weighted by molar-refractivity contribution is 5.94. The molecule has 0 atom stereocenters. The number of ether oxygens (including phenoxy) is 1. The molecule has 1 amide bonds. The summed E-state index contributed by atoms with van der Waals surface area (Å²) in [7, 11) is 0. The van der Waals surface area contributed by atoms with Crippen molar-refractivity contribution in [2.24, 2.45) is 0 Å². The highest BCUT2D eigenvalue weighted by Gasteiger charge is 2.21. The predicted molar refractivity (Wildman–Crippen MR) is 120 cm³/mol. The Labute approximate surface area is 186 Å². The Kier molecular flexibility index (Phi) is 6.20. The minimum atomic E-state index is -0.407. The highest BCUT2D eigenvalue weighted by Crippen LogP contribution is 2.26. The van der Waals surface area contributed by atoms with Gasteiger partial charge in [-0.05, 0) is 74.1 Å². The number of aryl methyl sites for hydroxylation is 3. The zero-order chi connectivity index (χ0) is 22.7. The van der Waals surface area contributed by atoms with E-state index in [-0.39, 0.29) is 11.6 Å². The van der Waals surface area contributed by atoms with Crippen LogP contribution in [-0.4, -0.2) is 33.8 Å². The van der Waals surface area contributed by atoms with E-state index in [1.807, 2.05) is 18.2 Å². The summed E-state index contributed by atoms with van der Waals surface area (Å²) in [6, 6.07) is 13.4. The van der Waals surface area contributed by atoms with Crippen LogP contribution in [-0.2, 0) is 19.4 Å². The van der Waals surface area contributed by atoms with Crippen LogP contribution in [0.2, 0.25) is 0 Å². The Morgan fingerprint density at radius 3 is 2.62 bits per heavy atom. The van der Waals surface area contributed by atoms with Gasteiger partial charge in [0.15, 0.2) is 0 Å². The van der Waals surface area contributed by atoms with E-state index in [1.165, 1.54) is 17.5 Å². The molecule has 1 aliphatic rings. The summed E-state index contributed by atoms with van der Waals surface area (Å²) in [6.45, 7) is 4.53. The third-order valence-electron chi connectivity index (χ3n) is 5.80. The summed E-state index contributed by atoms with van der Waals surface area (Å²) in [4.78, 5) is 23.2. The first-order valence-electron chi connectivity index (χ1n) is 10.7. The maximum Gasteiger partial charge on any atom is 0.312 e. The second kappa shape index (κ2) is 9.21. The number of aromatic nitrogens is 2. The molecule has 0 spiro atoms. The highest BCUT2D eigenvalue weighted by atomic mass is 16.6. The Balaban J connectivity index is 1.28. The number of carbonyl (C=O) groups is 1. The minimum absolute atomic E-state index is 0.0445. The molecule has 1 N–H and O–H groups in total. The molecule has 0 radical (unpaired) electrons. The number of carbonyl (C=O) groups excluding carboxylic acids is 1. The maximum atomic E-state index is 12.4. The van der Waals surface area contributed by atoms with Gasteiger partial charge in [-0.25, -0.2) is 0 Å². The van der Waals surface area contributed by atoms with Crippen molar-refractivity contribution in [3.8, 4) is 5.75 Å². The van der Waals surface area contributed by atoms with E-state index < -0.39 is 4.92 Å². The average Bonchev–Trinajstić information content (AvgIpc) is 3.35. The second-order valence-corrected chi connectivity index (χ2v) is 8.02. The summed E-state index contributed by atoms with van der Waals surface area (Å²) < 4.78 is 7.38. The third kappa shape index (κ3) is 4.64. The predicted octanol–water partition coefficient (Wildman–Crippen LogP) is 3.75. The fraction of sp³-hybridized carbons (Fsp3) is 0.333. The summed E-state index contributed by atoms with van der Waals surface area (Å²) >= 11 is 0. The van der Waals surface area contributed by atoms with Crippen molar-refractivity contribution in [1.29, 1.82) is 0 Å². The number of benzene rings is 2. The first-order valence-corrected chi connectivity index (χ1v) is 10.7. The number of nitrogens with one attached hydrogen (secondary N) is 1. The molecule has 1 heterocycles. The van der Waals surface area contributed by atoms with Crippen LogP contribution in [0.15, 0.2) is 42.5 Å². The molecule has 8 nitrogen and oxygen atoms in total. The first kappa shape index (κ1) is 21.5. The number of fused-ring (bicyclic) bond motifs is 1. The SMILES string of the molecule is Cc1nn(Cc2ccc(C(=O)NCCOc3ccc4c(c3)CCC4)cc2)c(C)c1[N+](=O)[O-]. The maximum absolute atomic E-state index is 12.4. The Hall–Kier alpha value is -3.68. The third-order valence-corrected chi connectivity index (χ3v) is 5.80. The quantitative estimate of drug-likeness (QED) is 0.331. The van der Waals surface area contributed by atoms with Gasteiger partial charge in [-0.15, -0.1) is 0 Å². The number of nitro groups is 1. The second-order valence-electron chi connectivity index (χ2n) is 8.02. The topological polar surface area (TPSA) is 99.3 Å². The standard InChI is InChI=1S/C24H26N4O4/c1-16-23(28(30)31)17(2)27(26-16)15-18-6-8-20(9-7-18)24(29)25-12-13-32-22-11-10-19-4-3-5-21(19)14-22/h6-11,14H,3-5,12-13,15H2,1-2H3,(H,25,29). The van der Waals surface area contributed by atoms with Gasteiger partial charge >= 0.3 is 5.69 Å². The molecule has 0 fully saturated rings. The van der Waals surface area contributed by atoms with E-state index >= 15 is 0 Å². The monoisotopic (exact) mass is 434 g/mol. The van der Waals surface area contributed by atoms with Gasteiger partial charge in [0.1, 0.15) is 23.7 Å². The Morgan fingerprint density at radius 2 is 1.91 bits per heavy atom. The van der Waals surface area contributed by atoms with Gasteiger partial charge in [0.25, 0.3) is 5.91 Å². The molecular formula is C24H26N4O4. The van der Waals surface area contributed by atoms with Gasteiger partial charge in [0, 0.05) is 5.56 Å². The molecule has 3 aromatic rings. The van der Waals surface area contributed by atoms with Crippen molar-refractivity contribution in [1.82, 2.24) is 15.1 Å². The number of hydrogen-bond acceptors (Lipinski definition) is 5. The Morgan fingerprint density at radius 1 is 1.16 bits per heavy atom. The number of nitrogens with zero attached hydrogens (tertiary/aromatic N) is 3. The average molecular weight is 434 g/mol. The zero-order valence-electron chi connectivity index (χ0n) is 18.3. The van der Waals surface area contributed by atoms with Gasteiger partial charge in [0.2, 0.25) is 0 Å². The summed E-state index contributed by atoms with van der Waals surface area (Å²) in [5.74, 6) is 0.671. The summed E-state index contributed by atoms with van der Waals surface area (Å²) in [5.41, 5.74) is 5.17. The molecule has 0 unspecified atom stereocenters. The molecule has 1 aromatic heterocycles. The van der Waals surface area contributed by atoms with Crippen LogP contribution in [0, 0.1) is 24.0 Å². The number of amides is 1. The normalized spacial score (nSPS) is 12.4. The van der Waals surface area contributed by atoms with Crippen molar-refractivity contribution >= 4 is 11.6 Å². The van der Waals surface area contributed by atoms with Crippen molar-refractivity contribution in [3.63, 3.8) is 0 Å². The molecule has 8 heteroatoms. The van der Waals surface area contributed by atoms with Crippen LogP contribution in [0.4, 0.5) is 5.69 Å². The van der Waals surface area contributed by atoms with E-state index in [9.17, 15) is 14.9 Å². The largest absolute Gasteiger partial charge is 0.492 e. The van der Waals surface area contributed by atoms with Crippen molar-refractivity contribution < 1.29 is 14.5 Å². The molecular weight excluding hydrogens is 408 g/mol.